The number of nitrogens with one attached hydrogen (secondary N) is 1. The molecule has 28 heavy (non-hydrogen) atoms. The summed E-state index contributed by atoms with van der Waals surface area (Å²) in [6.45, 7) is 0.506. The molecule has 4 aromatic rings. The Morgan fingerprint density at radius 2 is 1.79 bits per heavy atom. The number of fused-ring (bicyclic) bond motifs is 1. The normalized spacial score (nSPS) is 10.8. The molecule has 0 spiro atoms. The van der Waals surface area contributed by atoms with Crippen molar-refractivity contribution in [2.24, 2.45) is 0 Å². The smallest absolute Gasteiger partial charge is 0.284 e. The summed E-state index contributed by atoms with van der Waals surface area (Å²) in [5.41, 5.74) is 4.86. The molecule has 2 N–H and O–H groups in total. The molecule has 3 aromatic carbocycles. The lowest BCUT2D eigenvalue weighted by molar-refractivity contribution is 0.0711. The number of rotatable bonds is 5. The fourth-order valence-corrected chi connectivity index (χ4v) is 4.20. The SMILES string of the molecule is O=C(NO)c1cc2c(-c3ccc(OCc4ccc(Br)cc4)cc3)cccc2s1. The van der Waals surface area contributed by atoms with Gasteiger partial charge in [-0.25, -0.2) is 5.48 Å². The number of carbonyl (C=O) groups is 1. The Morgan fingerprint density at radius 1 is 1.04 bits per heavy atom. The summed E-state index contributed by atoms with van der Waals surface area (Å²) in [4.78, 5) is 12.2. The van der Waals surface area contributed by atoms with Gasteiger partial charge < -0.3 is 4.74 Å². The summed E-state index contributed by atoms with van der Waals surface area (Å²) in [6.07, 6.45) is 0. The summed E-state index contributed by atoms with van der Waals surface area (Å²) in [6, 6.07) is 23.7. The molecular weight excluding hydrogens is 438 g/mol. The Bertz CT molecular complexity index is 1120. The van der Waals surface area contributed by atoms with E-state index in [-0.39, 0.29) is 0 Å². The van der Waals surface area contributed by atoms with Crippen molar-refractivity contribution in [2.75, 3.05) is 0 Å². The zero-order valence-electron chi connectivity index (χ0n) is 14.7. The molecule has 140 valence electrons. The van der Waals surface area contributed by atoms with E-state index < -0.39 is 5.91 Å². The molecule has 0 bridgehead atoms. The first kappa shape index (κ1) is 18.7. The lowest BCUT2D eigenvalue weighted by atomic mass is 10.0. The Morgan fingerprint density at radius 3 is 2.50 bits per heavy atom. The molecule has 0 atom stereocenters. The summed E-state index contributed by atoms with van der Waals surface area (Å²) >= 11 is 4.78. The number of hydrogen-bond acceptors (Lipinski definition) is 4. The van der Waals surface area contributed by atoms with Gasteiger partial charge in [0, 0.05) is 14.6 Å². The number of benzene rings is 3. The average Bonchev–Trinajstić information content (AvgIpc) is 3.18. The van der Waals surface area contributed by atoms with Gasteiger partial charge in [-0.1, -0.05) is 52.3 Å². The second-order valence-corrected chi connectivity index (χ2v) is 8.21. The second-order valence-electron chi connectivity index (χ2n) is 6.21. The summed E-state index contributed by atoms with van der Waals surface area (Å²) in [7, 11) is 0. The van der Waals surface area contributed by atoms with Crippen LogP contribution < -0.4 is 10.2 Å². The van der Waals surface area contributed by atoms with Crippen LogP contribution in [0, 0.1) is 0 Å². The van der Waals surface area contributed by atoms with Gasteiger partial charge in [-0.15, -0.1) is 11.3 Å². The standard InChI is InChI=1S/C22H16BrNO3S/c23-16-8-4-14(5-9-16)13-27-17-10-6-15(7-11-17)18-2-1-3-20-19(18)12-21(28-20)22(25)24-26/h1-12,26H,13H2,(H,24,25). The van der Waals surface area contributed by atoms with Crippen LogP contribution in [-0.2, 0) is 6.61 Å². The Balaban J connectivity index is 1.56. The van der Waals surface area contributed by atoms with E-state index in [2.05, 4.69) is 15.9 Å². The molecule has 6 heteroatoms. The molecular formula is C22H16BrNO3S. The van der Waals surface area contributed by atoms with Gasteiger partial charge in [0.15, 0.2) is 0 Å². The first-order valence-electron chi connectivity index (χ1n) is 8.59. The topological polar surface area (TPSA) is 58.6 Å². The van der Waals surface area contributed by atoms with E-state index >= 15 is 0 Å². The molecule has 4 nitrogen and oxygen atoms in total. The van der Waals surface area contributed by atoms with Crippen LogP contribution >= 0.6 is 27.3 Å². The number of thiophene rings is 1. The van der Waals surface area contributed by atoms with Crippen LogP contribution in [0.25, 0.3) is 21.2 Å². The highest BCUT2D eigenvalue weighted by molar-refractivity contribution is 9.10. The van der Waals surface area contributed by atoms with Crippen molar-refractivity contribution in [3.8, 4) is 16.9 Å². The first-order valence-corrected chi connectivity index (χ1v) is 10.2. The molecule has 0 saturated heterocycles. The summed E-state index contributed by atoms with van der Waals surface area (Å²) < 4.78 is 7.90. The van der Waals surface area contributed by atoms with Gasteiger partial charge in [0.1, 0.15) is 12.4 Å². The number of ether oxygens (including phenoxy) is 1. The fourth-order valence-electron chi connectivity index (χ4n) is 2.96. The fraction of sp³-hybridized carbons (Fsp3) is 0.0455. The zero-order chi connectivity index (χ0) is 19.5. The van der Waals surface area contributed by atoms with Crippen LogP contribution in [0.5, 0.6) is 5.75 Å². The minimum Gasteiger partial charge on any atom is -0.489 e. The summed E-state index contributed by atoms with van der Waals surface area (Å²) in [5.74, 6) is 0.299. The molecule has 0 aliphatic carbocycles. The van der Waals surface area contributed by atoms with Crippen LogP contribution in [-0.4, -0.2) is 11.1 Å². The van der Waals surface area contributed by atoms with Crippen LogP contribution in [0.3, 0.4) is 0 Å². The van der Waals surface area contributed by atoms with E-state index in [1.165, 1.54) is 11.3 Å². The molecule has 0 radical (unpaired) electrons. The molecule has 0 saturated carbocycles. The minimum absolute atomic E-state index is 0.472. The van der Waals surface area contributed by atoms with Crippen molar-refractivity contribution >= 4 is 43.3 Å². The van der Waals surface area contributed by atoms with Crippen LogP contribution in [0.1, 0.15) is 15.2 Å². The molecule has 0 aliphatic heterocycles. The monoisotopic (exact) mass is 453 g/mol. The van der Waals surface area contributed by atoms with Gasteiger partial charge in [-0.05, 0) is 53.1 Å². The zero-order valence-corrected chi connectivity index (χ0v) is 17.1. The van der Waals surface area contributed by atoms with E-state index in [0.29, 0.717) is 11.5 Å². The van der Waals surface area contributed by atoms with Crippen molar-refractivity contribution in [1.82, 2.24) is 5.48 Å². The largest absolute Gasteiger partial charge is 0.489 e. The van der Waals surface area contributed by atoms with Crippen molar-refractivity contribution in [2.45, 2.75) is 6.61 Å². The van der Waals surface area contributed by atoms with E-state index in [4.69, 9.17) is 9.94 Å². The highest BCUT2D eigenvalue weighted by Crippen LogP contribution is 2.34. The number of amides is 1. The van der Waals surface area contributed by atoms with Gasteiger partial charge in [-0.3, -0.25) is 10.0 Å². The molecule has 1 heterocycles. The van der Waals surface area contributed by atoms with Crippen LogP contribution in [0.4, 0.5) is 0 Å². The minimum atomic E-state index is -0.496. The molecule has 0 fully saturated rings. The van der Waals surface area contributed by atoms with Crippen molar-refractivity contribution in [3.05, 3.63) is 87.7 Å². The average molecular weight is 454 g/mol. The van der Waals surface area contributed by atoms with E-state index in [9.17, 15) is 4.79 Å². The van der Waals surface area contributed by atoms with E-state index in [0.717, 1.165) is 37.0 Å². The Kier molecular flexibility index (Phi) is 5.43. The van der Waals surface area contributed by atoms with Gasteiger partial charge in [0.05, 0.1) is 4.88 Å². The Labute approximate surface area is 174 Å². The maximum absolute atomic E-state index is 11.7. The Hall–Kier alpha value is -2.67. The highest BCUT2D eigenvalue weighted by atomic mass is 79.9. The van der Waals surface area contributed by atoms with Gasteiger partial charge in [0.2, 0.25) is 0 Å². The van der Waals surface area contributed by atoms with Gasteiger partial charge in [-0.2, -0.15) is 0 Å². The summed E-state index contributed by atoms with van der Waals surface area (Å²) in [5, 5.41) is 9.85. The lowest BCUT2D eigenvalue weighted by Gasteiger charge is -2.08. The van der Waals surface area contributed by atoms with Crippen molar-refractivity contribution in [1.29, 1.82) is 0 Å². The molecule has 1 amide bonds. The molecule has 0 aliphatic rings. The lowest BCUT2D eigenvalue weighted by Crippen LogP contribution is -2.16. The number of hydrogen-bond donors (Lipinski definition) is 2. The maximum atomic E-state index is 11.7. The third-order valence-corrected chi connectivity index (χ3v) is 6.00. The highest BCUT2D eigenvalue weighted by Gasteiger charge is 2.12. The predicted molar refractivity (Wildman–Crippen MR) is 115 cm³/mol. The third-order valence-electron chi connectivity index (χ3n) is 4.37. The number of carbonyl (C=O) groups excluding carboxylic acids is 1. The number of halogens is 1. The van der Waals surface area contributed by atoms with Crippen LogP contribution in [0.2, 0.25) is 0 Å². The van der Waals surface area contributed by atoms with Crippen LogP contribution in [0.15, 0.2) is 77.3 Å². The van der Waals surface area contributed by atoms with Gasteiger partial charge in [0.25, 0.3) is 5.91 Å². The number of hydroxylamine groups is 1. The second kappa shape index (κ2) is 8.14. The quantitative estimate of drug-likeness (QED) is 0.286. The molecule has 1 aromatic heterocycles. The van der Waals surface area contributed by atoms with Gasteiger partial charge >= 0.3 is 0 Å². The predicted octanol–water partition coefficient (Wildman–Crippen LogP) is 6.03. The van der Waals surface area contributed by atoms with Crippen molar-refractivity contribution < 1.29 is 14.7 Å². The van der Waals surface area contributed by atoms with Crippen molar-refractivity contribution in [3.63, 3.8) is 0 Å². The molecule has 4 rings (SSSR count). The van der Waals surface area contributed by atoms with E-state index in [1.807, 2.05) is 66.7 Å². The van der Waals surface area contributed by atoms with E-state index in [1.54, 1.807) is 11.5 Å². The molecule has 0 unspecified atom stereocenters. The third kappa shape index (κ3) is 3.94. The first-order chi connectivity index (χ1) is 13.6. The maximum Gasteiger partial charge on any atom is 0.284 e.